The first kappa shape index (κ1) is 26.5. The first-order valence-electron chi connectivity index (χ1n) is 11.1. The Labute approximate surface area is 198 Å². The van der Waals surface area contributed by atoms with E-state index in [-0.39, 0.29) is 24.6 Å². The number of nitrogens with zero attached hydrogens (tertiary/aromatic N) is 1. The molecular weight excluding hydrogens is 440 g/mol. The zero-order valence-corrected chi connectivity index (χ0v) is 21.6. The summed E-state index contributed by atoms with van der Waals surface area (Å²) in [6, 6.07) is 10.4. The molecule has 0 aromatic heterocycles. The topological polar surface area (TPSA) is 84.9 Å². The minimum absolute atomic E-state index is 0.0560. The van der Waals surface area contributed by atoms with E-state index in [9.17, 15) is 13.2 Å². The molecule has 0 heterocycles. The third kappa shape index (κ3) is 7.12. The second-order valence-corrected chi connectivity index (χ2v) is 10.7. The van der Waals surface area contributed by atoms with Crippen LogP contribution < -0.4 is 19.1 Å². The number of benzene rings is 2. The molecular formula is C25H36N2O5S. The van der Waals surface area contributed by atoms with Gasteiger partial charge in [0, 0.05) is 6.07 Å². The lowest BCUT2D eigenvalue weighted by Crippen LogP contribution is -2.41. The predicted molar refractivity (Wildman–Crippen MR) is 133 cm³/mol. The molecule has 1 amide bonds. The molecule has 33 heavy (non-hydrogen) atoms. The van der Waals surface area contributed by atoms with Crippen LogP contribution in [0.4, 0.5) is 5.69 Å². The average Bonchev–Trinajstić information content (AvgIpc) is 2.70. The van der Waals surface area contributed by atoms with Crippen molar-refractivity contribution in [1.29, 1.82) is 0 Å². The zero-order valence-electron chi connectivity index (χ0n) is 20.8. The lowest BCUT2D eigenvalue weighted by Gasteiger charge is -2.25. The van der Waals surface area contributed by atoms with Gasteiger partial charge in [-0.1, -0.05) is 19.9 Å². The van der Waals surface area contributed by atoms with E-state index in [1.165, 1.54) is 0 Å². The largest absolute Gasteiger partial charge is 0.496 e. The molecule has 1 unspecified atom stereocenters. The van der Waals surface area contributed by atoms with E-state index in [0.717, 1.165) is 33.0 Å². The number of rotatable bonds is 10. The zero-order chi connectivity index (χ0) is 24.9. The van der Waals surface area contributed by atoms with Gasteiger partial charge in [0.05, 0.1) is 31.2 Å². The number of hydrogen-bond acceptors (Lipinski definition) is 5. The number of ether oxygens (including phenoxy) is 2. The highest BCUT2D eigenvalue weighted by Crippen LogP contribution is 2.32. The molecule has 8 heteroatoms. The van der Waals surface area contributed by atoms with Gasteiger partial charge in [0.2, 0.25) is 15.9 Å². The molecule has 2 rings (SSSR count). The van der Waals surface area contributed by atoms with E-state index in [4.69, 9.17) is 9.47 Å². The molecule has 1 atom stereocenters. The molecule has 0 bridgehead atoms. The summed E-state index contributed by atoms with van der Waals surface area (Å²) in [5, 5.41) is 2.94. The molecule has 0 aliphatic carbocycles. The second-order valence-electron chi connectivity index (χ2n) is 8.83. The van der Waals surface area contributed by atoms with E-state index < -0.39 is 15.9 Å². The lowest BCUT2D eigenvalue weighted by molar-refractivity contribution is -0.120. The van der Waals surface area contributed by atoms with Crippen molar-refractivity contribution in [2.75, 3.05) is 24.2 Å². The molecule has 0 spiro atoms. The summed E-state index contributed by atoms with van der Waals surface area (Å²) in [6.07, 6.45) is 1.03. The molecule has 0 saturated heterocycles. The Kier molecular flexibility index (Phi) is 8.77. The van der Waals surface area contributed by atoms with Crippen molar-refractivity contribution in [2.24, 2.45) is 0 Å². The van der Waals surface area contributed by atoms with Crippen LogP contribution in [0.25, 0.3) is 0 Å². The SMILES string of the molecule is COc1cc(C)c(C(C)NC(=O)CN(c2cccc(OC(C)C)c2)S(C)(=O)=O)cc1C(C)C. The Morgan fingerprint density at radius 2 is 1.73 bits per heavy atom. The van der Waals surface area contributed by atoms with Gasteiger partial charge in [-0.05, 0) is 74.6 Å². The van der Waals surface area contributed by atoms with Crippen LogP contribution in [-0.4, -0.2) is 40.3 Å². The van der Waals surface area contributed by atoms with Gasteiger partial charge in [-0.15, -0.1) is 0 Å². The van der Waals surface area contributed by atoms with Gasteiger partial charge in [0.1, 0.15) is 18.0 Å². The number of carbonyl (C=O) groups excluding carboxylic acids is 1. The van der Waals surface area contributed by atoms with Gasteiger partial charge < -0.3 is 14.8 Å². The second kappa shape index (κ2) is 10.9. The summed E-state index contributed by atoms with van der Waals surface area (Å²) >= 11 is 0. The molecule has 1 N–H and O–H groups in total. The maximum Gasteiger partial charge on any atom is 0.241 e. The van der Waals surface area contributed by atoms with E-state index in [1.54, 1.807) is 31.4 Å². The monoisotopic (exact) mass is 476 g/mol. The summed E-state index contributed by atoms with van der Waals surface area (Å²) < 4.78 is 37.3. The minimum atomic E-state index is -3.69. The third-order valence-corrected chi connectivity index (χ3v) is 6.39. The fourth-order valence-corrected chi connectivity index (χ4v) is 4.54. The Hall–Kier alpha value is -2.74. The first-order valence-corrected chi connectivity index (χ1v) is 12.9. The number of aryl methyl sites for hydroxylation is 1. The predicted octanol–water partition coefficient (Wildman–Crippen LogP) is 4.56. The lowest BCUT2D eigenvalue weighted by atomic mass is 9.93. The Balaban J connectivity index is 2.26. The number of amides is 1. The highest BCUT2D eigenvalue weighted by Gasteiger charge is 2.23. The molecule has 7 nitrogen and oxygen atoms in total. The molecule has 0 aliphatic rings. The molecule has 2 aromatic rings. The maximum absolute atomic E-state index is 12.9. The van der Waals surface area contributed by atoms with Crippen LogP contribution in [0.5, 0.6) is 11.5 Å². The standard InChI is InChI=1S/C25H36N2O5S/c1-16(2)22-14-23(18(5)12-24(22)31-7)19(6)26-25(28)15-27(33(8,29)30)20-10-9-11-21(13-20)32-17(3)4/h9-14,16-17,19H,15H2,1-8H3,(H,26,28). The number of nitrogens with one attached hydrogen (secondary N) is 1. The van der Waals surface area contributed by atoms with Crippen LogP contribution in [0.2, 0.25) is 0 Å². The van der Waals surface area contributed by atoms with Crippen LogP contribution >= 0.6 is 0 Å². The smallest absolute Gasteiger partial charge is 0.241 e. The number of hydrogen-bond donors (Lipinski definition) is 1. The fourth-order valence-electron chi connectivity index (χ4n) is 3.69. The van der Waals surface area contributed by atoms with Gasteiger partial charge in [-0.25, -0.2) is 8.42 Å². The van der Waals surface area contributed by atoms with E-state index in [1.807, 2.05) is 39.8 Å². The molecule has 2 aromatic carbocycles. The van der Waals surface area contributed by atoms with Gasteiger partial charge in [-0.2, -0.15) is 0 Å². The third-order valence-electron chi connectivity index (χ3n) is 5.25. The van der Waals surface area contributed by atoms with Crippen molar-refractivity contribution in [3.8, 4) is 11.5 Å². The maximum atomic E-state index is 12.9. The summed E-state index contributed by atoms with van der Waals surface area (Å²) in [7, 11) is -2.05. The highest BCUT2D eigenvalue weighted by atomic mass is 32.2. The van der Waals surface area contributed by atoms with E-state index in [0.29, 0.717) is 11.4 Å². The van der Waals surface area contributed by atoms with Gasteiger partial charge >= 0.3 is 0 Å². The van der Waals surface area contributed by atoms with Gasteiger partial charge in [0.15, 0.2) is 0 Å². The molecule has 0 aliphatic heterocycles. The minimum Gasteiger partial charge on any atom is -0.496 e. The van der Waals surface area contributed by atoms with Crippen molar-refractivity contribution < 1.29 is 22.7 Å². The van der Waals surface area contributed by atoms with E-state index in [2.05, 4.69) is 19.2 Å². The van der Waals surface area contributed by atoms with Gasteiger partial charge in [0.25, 0.3) is 0 Å². The van der Waals surface area contributed by atoms with Crippen LogP contribution in [0, 0.1) is 6.92 Å². The Bertz CT molecular complexity index is 1080. The molecule has 0 saturated carbocycles. The Morgan fingerprint density at radius 1 is 1.06 bits per heavy atom. The van der Waals surface area contributed by atoms with Crippen molar-refractivity contribution in [1.82, 2.24) is 5.32 Å². The summed E-state index contributed by atoms with van der Waals surface area (Å²) in [5.74, 6) is 1.21. The van der Waals surface area contributed by atoms with Crippen LogP contribution in [0.1, 0.15) is 63.3 Å². The van der Waals surface area contributed by atoms with Crippen molar-refractivity contribution in [3.05, 3.63) is 53.1 Å². The molecule has 0 fully saturated rings. The number of methoxy groups -OCH3 is 1. The van der Waals surface area contributed by atoms with Crippen LogP contribution in [0.3, 0.4) is 0 Å². The number of sulfonamides is 1. The highest BCUT2D eigenvalue weighted by molar-refractivity contribution is 7.92. The van der Waals surface area contributed by atoms with Crippen molar-refractivity contribution >= 4 is 21.6 Å². The molecule has 182 valence electrons. The summed E-state index contributed by atoms with van der Waals surface area (Å²) in [4.78, 5) is 12.9. The average molecular weight is 477 g/mol. The normalized spacial score (nSPS) is 12.5. The summed E-state index contributed by atoms with van der Waals surface area (Å²) in [6.45, 7) is 11.5. The van der Waals surface area contributed by atoms with Crippen LogP contribution in [-0.2, 0) is 14.8 Å². The fraction of sp³-hybridized carbons (Fsp3) is 0.480. The summed E-state index contributed by atoms with van der Waals surface area (Å²) in [5.41, 5.74) is 3.38. The molecule has 0 radical (unpaired) electrons. The Morgan fingerprint density at radius 3 is 2.27 bits per heavy atom. The quantitative estimate of drug-likeness (QED) is 0.543. The van der Waals surface area contributed by atoms with Crippen LogP contribution in [0.15, 0.2) is 36.4 Å². The number of anilines is 1. The van der Waals surface area contributed by atoms with Crippen molar-refractivity contribution in [3.63, 3.8) is 0 Å². The first-order chi connectivity index (χ1) is 15.3. The van der Waals surface area contributed by atoms with E-state index >= 15 is 0 Å². The van der Waals surface area contributed by atoms with Gasteiger partial charge in [-0.3, -0.25) is 9.10 Å². The van der Waals surface area contributed by atoms with Crippen molar-refractivity contribution in [2.45, 2.75) is 59.6 Å². The number of carbonyl (C=O) groups is 1.